The molecule has 0 atom stereocenters. The van der Waals surface area contributed by atoms with Crippen LogP contribution in [0.1, 0.15) is 15.9 Å². The SMILES string of the molecule is COC(=O)c1cc(-c2ccc(F)nc2F)nn(Cc2ccc(Cl)cc2)c1=O. The number of carbonyl (C=O) groups excluding carboxylic acids is 1. The summed E-state index contributed by atoms with van der Waals surface area (Å²) in [6.45, 7) is 0.00405. The van der Waals surface area contributed by atoms with Gasteiger partial charge in [-0.25, -0.2) is 9.48 Å². The van der Waals surface area contributed by atoms with Gasteiger partial charge in [-0.2, -0.15) is 18.9 Å². The fourth-order valence-electron chi connectivity index (χ4n) is 2.40. The van der Waals surface area contributed by atoms with Crippen molar-refractivity contribution in [3.63, 3.8) is 0 Å². The van der Waals surface area contributed by atoms with E-state index in [1.54, 1.807) is 24.3 Å². The minimum atomic E-state index is -1.12. The maximum atomic E-state index is 14.0. The number of rotatable bonds is 4. The van der Waals surface area contributed by atoms with E-state index in [0.717, 1.165) is 30.0 Å². The van der Waals surface area contributed by atoms with Crippen molar-refractivity contribution in [3.8, 4) is 11.3 Å². The first kappa shape index (κ1) is 18.7. The van der Waals surface area contributed by atoms with Crippen molar-refractivity contribution in [2.24, 2.45) is 0 Å². The molecule has 138 valence electrons. The van der Waals surface area contributed by atoms with E-state index in [1.807, 2.05) is 0 Å². The smallest absolute Gasteiger partial charge is 0.343 e. The molecule has 0 aliphatic carbocycles. The molecule has 1 aromatic carbocycles. The zero-order valence-corrected chi connectivity index (χ0v) is 14.7. The molecule has 0 unspecified atom stereocenters. The Labute approximate surface area is 157 Å². The van der Waals surface area contributed by atoms with Gasteiger partial charge in [-0.15, -0.1) is 0 Å². The van der Waals surface area contributed by atoms with Crippen molar-refractivity contribution in [2.45, 2.75) is 6.54 Å². The fourth-order valence-corrected chi connectivity index (χ4v) is 2.53. The molecule has 0 bridgehead atoms. The summed E-state index contributed by atoms with van der Waals surface area (Å²) in [6, 6.07) is 9.80. The van der Waals surface area contributed by atoms with E-state index in [1.165, 1.54) is 0 Å². The van der Waals surface area contributed by atoms with E-state index in [2.05, 4.69) is 14.8 Å². The third-order valence-electron chi connectivity index (χ3n) is 3.72. The Morgan fingerprint density at radius 1 is 1.19 bits per heavy atom. The van der Waals surface area contributed by atoms with Crippen LogP contribution in [0.2, 0.25) is 5.02 Å². The van der Waals surface area contributed by atoms with Gasteiger partial charge in [0.05, 0.1) is 24.9 Å². The minimum Gasteiger partial charge on any atom is -0.465 e. The predicted octanol–water partition coefficient (Wildman–Crippen LogP) is 3.07. The van der Waals surface area contributed by atoms with Crippen molar-refractivity contribution in [1.29, 1.82) is 0 Å². The Hall–Kier alpha value is -3.13. The summed E-state index contributed by atoms with van der Waals surface area (Å²) in [5.41, 5.74) is -0.587. The zero-order chi connectivity index (χ0) is 19.6. The van der Waals surface area contributed by atoms with Crippen molar-refractivity contribution < 1.29 is 18.3 Å². The molecule has 0 amide bonds. The van der Waals surface area contributed by atoms with E-state index < -0.39 is 23.4 Å². The lowest BCUT2D eigenvalue weighted by Crippen LogP contribution is -2.30. The summed E-state index contributed by atoms with van der Waals surface area (Å²) in [5.74, 6) is -3.02. The van der Waals surface area contributed by atoms with Crippen molar-refractivity contribution in [2.75, 3.05) is 7.11 Å². The number of ether oxygens (including phenoxy) is 1. The summed E-state index contributed by atoms with van der Waals surface area (Å²) in [5, 5.41) is 4.61. The Morgan fingerprint density at radius 3 is 2.52 bits per heavy atom. The molecule has 27 heavy (non-hydrogen) atoms. The number of hydrogen-bond acceptors (Lipinski definition) is 5. The molecule has 2 aromatic heterocycles. The normalized spacial score (nSPS) is 10.7. The number of benzene rings is 1. The average molecular weight is 392 g/mol. The molecule has 0 fully saturated rings. The monoisotopic (exact) mass is 391 g/mol. The molecule has 0 spiro atoms. The number of methoxy groups -OCH3 is 1. The van der Waals surface area contributed by atoms with Crippen LogP contribution in [-0.2, 0) is 11.3 Å². The minimum absolute atomic E-state index is 0.00405. The molecule has 0 N–H and O–H groups in total. The number of halogens is 3. The van der Waals surface area contributed by atoms with E-state index in [0.29, 0.717) is 10.6 Å². The van der Waals surface area contributed by atoms with Crippen molar-refractivity contribution >= 4 is 17.6 Å². The highest BCUT2D eigenvalue weighted by atomic mass is 35.5. The summed E-state index contributed by atoms with van der Waals surface area (Å²) in [6.07, 6.45) is 0. The lowest BCUT2D eigenvalue weighted by atomic mass is 10.1. The number of nitrogens with zero attached hydrogens (tertiary/aromatic N) is 3. The molecular formula is C18H12ClF2N3O3. The molecule has 0 radical (unpaired) electrons. The number of carbonyl (C=O) groups is 1. The zero-order valence-electron chi connectivity index (χ0n) is 13.9. The Morgan fingerprint density at radius 2 is 1.89 bits per heavy atom. The Kier molecular flexibility index (Phi) is 5.27. The molecule has 0 saturated heterocycles. The van der Waals surface area contributed by atoms with Gasteiger partial charge in [-0.1, -0.05) is 23.7 Å². The second-order valence-electron chi connectivity index (χ2n) is 5.50. The Balaban J connectivity index is 2.15. The van der Waals surface area contributed by atoms with Gasteiger partial charge in [0.25, 0.3) is 5.56 Å². The average Bonchev–Trinajstić information content (AvgIpc) is 2.64. The first-order chi connectivity index (χ1) is 12.9. The van der Waals surface area contributed by atoms with Gasteiger partial charge in [-0.05, 0) is 35.9 Å². The highest BCUT2D eigenvalue weighted by Crippen LogP contribution is 2.20. The molecule has 3 rings (SSSR count). The van der Waals surface area contributed by atoms with Gasteiger partial charge in [-0.3, -0.25) is 4.79 Å². The third-order valence-corrected chi connectivity index (χ3v) is 3.97. The van der Waals surface area contributed by atoms with E-state index in [9.17, 15) is 18.4 Å². The molecule has 0 aliphatic rings. The molecule has 3 aromatic rings. The quantitative estimate of drug-likeness (QED) is 0.505. The lowest BCUT2D eigenvalue weighted by Gasteiger charge is -2.10. The largest absolute Gasteiger partial charge is 0.465 e. The van der Waals surface area contributed by atoms with Crippen LogP contribution >= 0.6 is 11.6 Å². The highest BCUT2D eigenvalue weighted by Gasteiger charge is 2.19. The first-order valence-corrected chi connectivity index (χ1v) is 8.04. The topological polar surface area (TPSA) is 74.1 Å². The van der Waals surface area contributed by atoms with Crippen LogP contribution in [0, 0.1) is 11.9 Å². The number of aromatic nitrogens is 3. The summed E-state index contributed by atoms with van der Waals surface area (Å²) in [4.78, 5) is 27.6. The third kappa shape index (κ3) is 4.01. The second-order valence-corrected chi connectivity index (χ2v) is 5.93. The van der Waals surface area contributed by atoms with Crippen LogP contribution in [0.25, 0.3) is 11.3 Å². The van der Waals surface area contributed by atoms with Crippen LogP contribution in [-0.4, -0.2) is 27.8 Å². The van der Waals surface area contributed by atoms with Crippen LogP contribution in [0.5, 0.6) is 0 Å². The van der Waals surface area contributed by atoms with Gasteiger partial charge in [0, 0.05) is 5.02 Å². The summed E-state index contributed by atoms with van der Waals surface area (Å²) in [7, 11) is 1.12. The maximum absolute atomic E-state index is 14.0. The van der Waals surface area contributed by atoms with Crippen LogP contribution in [0.4, 0.5) is 8.78 Å². The van der Waals surface area contributed by atoms with Gasteiger partial charge < -0.3 is 4.74 Å². The molecule has 9 heteroatoms. The fraction of sp³-hybridized carbons (Fsp3) is 0.111. The van der Waals surface area contributed by atoms with Gasteiger partial charge in [0.1, 0.15) is 5.56 Å². The van der Waals surface area contributed by atoms with Crippen molar-refractivity contribution in [3.05, 3.63) is 80.9 Å². The molecule has 0 aliphatic heterocycles. The molecular weight excluding hydrogens is 380 g/mol. The lowest BCUT2D eigenvalue weighted by molar-refractivity contribution is 0.0597. The van der Waals surface area contributed by atoms with E-state index in [-0.39, 0.29) is 23.4 Å². The van der Waals surface area contributed by atoms with Crippen LogP contribution < -0.4 is 5.56 Å². The summed E-state index contributed by atoms with van der Waals surface area (Å²) >= 11 is 5.84. The van der Waals surface area contributed by atoms with Crippen molar-refractivity contribution in [1.82, 2.24) is 14.8 Å². The molecule has 0 saturated carbocycles. The molecule has 2 heterocycles. The van der Waals surface area contributed by atoms with Gasteiger partial charge in [0.15, 0.2) is 0 Å². The Bertz CT molecular complexity index is 1070. The van der Waals surface area contributed by atoms with E-state index >= 15 is 0 Å². The van der Waals surface area contributed by atoms with Crippen LogP contribution in [0.3, 0.4) is 0 Å². The van der Waals surface area contributed by atoms with Gasteiger partial charge in [0.2, 0.25) is 11.9 Å². The number of hydrogen-bond donors (Lipinski definition) is 0. The van der Waals surface area contributed by atoms with E-state index in [4.69, 9.17) is 11.6 Å². The van der Waals surface area contributed by atoms with Gasteiger partial charge >= 0.3 is 5.97 Å². The van der Waals surface area contributed by atoms with Crippen LogP contribution in [0.15, 0.2) is 47.3 Å². The number of pyridine rings is 1. The first-order valence-electron chi connectivity index (χ1n) is 7.66. The molecule has 6 nitrogen and oxygen atoms in total. The standard InChI is InChI=1S/C18H12ClF2N3O3/c1-27-18(26)13-8-14(12-6-7-15(20)22-16(12)21)23-24(17(13)25)9-10-2-4-11(19)5-3-10/h2-8H,9H2,1H3. The highest BCUT2D eigenvalue weighted by molar-refractivity contribution is 6.30. The number of esters is 1. The maximum Gasteiger partial charge on any atom is 0.343 e. The second kappa shape index (κ2) is 7.63. The predicted molar refractivity (Wildman–Crippen MR) is 93.5 cm³/mol. The summed E-state index contributed by atoms with van der Waals surface area (Å²) < 4.78 is 32.7.